The Morgan fingerprint density at radius 2 is 2.18 bits per heavy atom. The van der Waals surface area contributed by atoms with Gasteiger partial charge in [-0.25, -0.2) is 0 Å². The monoisotopic (exact) mass is 285 g/mol. The zero-order valence-corrected chi connectivity index (χ0v) is 13.7. The largest absolute Gasteiger partial charge is 1.00 e. The van der Waals surface area contributed by atoms with Gasteiger partial charge < -0.3 is 12.9 Å². The molecule has 0 unspecified atom stereocenters. The number of hydrogen-bond donors (Lipinski definition) is 0. The van der Waals surface area contributed by atoms with Gasteiger partial charge in [0.25, 0.3) is 0 Å². The molecule has 0 aromatic carbocycles. The maximum atomic E-state index is 12.4. The second kappa shape index (κ2) is 6.36. The van der Waals surface area contributed by atoms with Crippen LogP contribution in [0.1, 0.15) is 10.4 Å². The molecule has 1 aliphatic heterocycles. The summed E-state index contributed by atoms with van der Waals surface area (Å²) >= 11 is 1.68. The quantitative estimate of drug-likeness (QED) is 0.710. The second-order valence-electron chi connectivity index (χ2n) is 4.06. The van der Waals surface area contributed by atoms with E-state index < -0.39 is 12.4 Å². The Labute approximate surface area is 146 Å². The molecule has 0 N–H and O–H groups in total. The molecular weight excluding hydrogens is 273 g/mol. The van der Waals surface area contributed by atoms with Crippen molar-refractivity contribution >= 4 is 18.3 Å². The first-order valence-corrected chi connectivity index (χ1v) is 6.00. The fraction of sp³-hybridized carbons (Fsp3) is 0.400. The van der Waals surface area contributed by atoms with Gasteiger partial charge in [-0.3, -0.25) is 4.90 Å². The minimum atomic E-state index is -4.89. The number of nitrogens with zero attached hydrogens (tertiary/aromatic N) is 1. The van der Waals surface area contributed by atoms with E-state index in [1.54, 1.807) is 11.3 Å². The summed E-state index contributed by atoms with van der Waals surface area (Å²) in [6.07, 6.45) is 0.852. The van der Waals surface area contributed by atoms with Gasteiger partial charge in [0.05, 0.1) is 0 Å². The fourth-order valence-electron chi connectivity index (χ4n) is 1.83. The van der Waals surface area contributed by atoms with Crippen LogP contribution in [-0.2, 0) is 13.0 Å². The summed E-state index contributed by atoms with van der Waals surface area (Å²) in [5.74, 6) is 0. The third kappa shape index (κ3) is 4.19. The van der Waals surface area contributed by atoms with Crippen molar-refractivity contribution in [2.24, 2.45) is 0 Å². The molecule has 0 atom stereocenters. The van der Waals surface area contributed by atoms with E-state index in [9.17, 15) is 12.9 Å². The summed E-state index contributed by atoms with van der Waals surface area (Å²) in [4.78, 5) is 3.12. The van der Waals surface area contributed by atoms with Crippen LogP contribution in [0.5, 0.6) is 0 Å². The van der Waals surface area contributed by atoms with E-state index in [4.69, 9.17) is 0 Å². The zero-order chi connectivity index (χ0) is 11.8. The second-order valence-corrected chi connectivity index (χ2v) is 5.06. The van der Waals surface area contributed by atoms with E-state index in [1.165, 1.54) is 10.4 Å². The minimum Gasteiger partial charge on any atom is -0.445 e. The van der Waals surface area contributed by atoms with E-state index in [0.29, 0.717) is 13.1 Å². The Bertz CT molecular complexity index is 405. The number of hydrogen-bond acceptors (Lipinski definition) is 2. The van der Waals surface area contributed by atoms with Gasteiger partial charge in [-0.1, -0.05) is 0 Å². The first kappa shape index (κ1) is 15.9. The maximum Gasteiger partial charge on any atom is 1.00 e. The van der Waals surface area contributed by atoms with Gasteiger partial charge in [0.1, 0.15) is 0 Å². The smallest absolute Gasteiger partial charge is 0.445 e. The van der Waals surface area contributed by atoms with Gasteiger partial charge in [0.15, 0.2) is 0 Å². The summed E-state index contributed by atoms with van der Waals surface area (Å²) in [6.45, 7) is -0.513. The Hall–Kier alpha value is 0.891. The third-order valence-corrected chi connectivity index (χ3v) is 3.80. The molecule has 88 valence electrons. The molecule has 2 rings (SSSR count). The third-order valence-electron chi connectivity index (χ3n) is 2.78. The molecule has 0 radical (unpaired) electrons. The molecule has 2 heterocycles. The van der Waals surface area contributed by atoms with Crippen LogP contribution < -0.4 is 51.4 Å². The average Bonchev–Trinajstić information content (AvgIpc) is 2.63. The Balaban J connectivity index is 0.00000144. The Kier molecular flexibility index (Phi) is 5.97. The molecular formula is C10H12BF3KNS. The number of fused-ring (bicyclic) bond motifs is 1. The molecule has 17 heavy (non-hydrogen) atoms. The van der Waals surface area contributed by atoms with E-state index >= 15 is 0 Å². The van der Waals surface area contributed by atoms with Crippen LogP contribution in [0.4, 0.5) is 12.9 Å². The molecule has 0 amide bonds. The average molecular weight is 285 g/mol. The molecule has 1 aromatic rings. The Morgan fingerprint density at radius 3 is 2.82 bits per heavy atom. The fourth-order valence-corrected chi connectivity index (χ4v) is 2.72. The number of halogens is 3. The predicted octanol–water partition coefficient (Wildman–Crippen LogP) is 0.0530. The van der Waals surface area contributed by atoms with Crippen molar-refractivity contribution in [3.05, 3.63) is 33.9 Å². The van der Waals surface area contributed by atoms with Crippen molar-refractivity contribution in [2.45, 2.75) is 13.0 Å². The van der Waals surface area contributed by atoms with Crippen molar-refractivity contribution in [3.63, 3.8) is 0 Å². The van der Waals surface area contributed by atoms with Crippen molar-refractivity contribution in [3.8, 4) is 0 Å². The van der Waals surface area contributed by atoms with Crippen LogP contribution in [0.15, 0.2) is 23.5 Å². The SMILES string of the molecule is C=C(CN1CCc2sccc2C1)[B-](F)(F)F.[K+]. The molecule has 0 spiro atoms. The molecule has 0 aliphatic carbocycles. The first-order valence-electron chi connectivity index (χ1n) is 5.12. The summed E-state index contributed by atoms with van der Waals surface area (Å²) in [5, 5.41) is 2.00. The van der Waals surface area contributed by atoms with Crippen LogP contribution in [0.2, 0.25) is 0 Å². The molecule has 0 saturated carbocycles. The van der Waals surface area contributed by atoms with Gasteiger partial charge in [-0.2, -0.15) is 0 Å². The van der Waals surface area contributed by atoms with E-state index in [1.807, 2.05) is 16.3 Å². The Morgan fingerprint density at radius 1 is 1.47 bits per heavy atom. The maximum absolute atomic E-state index is 12.4. The van der Waals surface area contributed by atoms with E-state index in [-0.39, 0.29) is 57.9 Å². The molecule has 0 saturated heterocycles. The molecule has 1 aromatic heterocycles. The topological polar surface area (TPSA) is 3.24 Å². The van der Waals surface area contributed by atoms with Crippen LogP contribution in [0, 0.1) is 0 Å². The van der Waals surface area contributed by atoms with Gasteiger partial charge in [-0.05, 0) is 30.0 Å². The van der Waals surface area contributed by atoms with Gasteiger partial charge in [-0.15, -0.1) is 23.4 Å². The molecule has 0 bridgehead atoms. The zero-order valence-electron chi connectivity index (χ0n) is 9.76. The summed E-state index contributed by atoms with van der Waals surface area (Å²) in [6, 6.07) is 1.99. The molecule has 0 fully saturated rings. The van der Waals surface area contributed by atoms with Crippen LogP contribution in [-0.4, -0.2) is 25.0 Å². The molecule has 1 nitrogen and oxygen atoms in total. The molecule has 7 heteroatoms. The van der Waals surface area contributed by atoms with Crippen LogP contribution in [0.3, 0.4) is 0 Å². The van der Waals surface area contributed by atoms with Crippen LogP contribution >= 0.6 is 11.3 Å². The summed E-state index contributed by atoms with van der Waals surface area (Å²) in [5.41, 5.74) is 0.567. The van der Waals surface area contributed by atoms with Crippen LogP contribution in [0.25, 0.3) is 0 Å². The van der Waals surface area contributed by atoms with Gasteiger partial charge in [0, 0.05) is 18.0 Å². The first-order chi connectivity index (χ1) is 7.47. The number of thiophene rings is 1. The van der Waals surface area contributed by atoms with Crippen molar-refractivity contribution in [1.29, 1.82) is 0 Å². The standard InChI is InChI=1S/C10H12BF3NS.K/c1-8(11(12,13)14)6-15-4-2-10-9(7-15)3-5-16-10;/h3,5H,1-2,4,6-7H2;/q-1;+1. The van der Waals surface area contributed by atoms with Crippen molar-refractivity contribution in [1.82, 2.24) is 4.90 Å². The molecule has 1 aliphatic rings. The van der Waals surface area contributed by atoms with Crippen molar-refractivity contribution < 1.29 is 64.3 Å². The number of rotatable bonds is 3. The predicted molar refractivity (Wildman–Crippen MR) is 61.5 cm³/mol. The van der Waals surface area contributed by atoms with E-state index in [0.717, 1.165) is 6.42 Å². The summed E-state index contributed by atoms with van der Waals surface area (Å²) in [7, 11) is 0. The minimum absolute atomic E-state index is 0. The van der Waals surface area contributed by atoms with Gasteiger partial charge >= 0.3 is 58.4 Å². The van der Waals surface area contributed by atoms with Gasteiger partial charge in [0.2, 0.25) is 0 Å². The van der Waals surface area contributed by atoms with Crippen molar-refractivity contribution in [2.75, 3.05) is 13.1 Å². The summed E-state index contributed by atoms with van der Waals surface area (Å²) < 4.78 is 37.1. The van der Waals surface area contributed by atoms with E-state index in [2.05, 4.69) is 6.58 Å². The normalized spacial score (nSPS) is 16.2.